The molecule has 6 nitrogen and oxygen atoms in total. The maximum atomic E-state index is 12.4. The standard InChI is InChI=1S/C18H16N2O4/c1-24-13-8-6-11(7-9-13)16(18(22)23)20-17(21)15-10-12-4-2-3-5-14(12)19-15/h2-10,16,19H,1H3,(H,20,21)(H,22,23). The van der Waals surface area contributed by atoms with Gasteiger partial charge < -0.3 is 20.1 Å². The molecule has 3 rings (SSSR count). The number of carboxylic acid groups (broad SMARTS) is 1. The van der Waals surface area contributed by atoms with Crippen molar-refractivity contribution in [3.63, 3.8) is 0 Å². The van der Waals surface area contributed by atoms with E-state index in [-0.39, 0.29) is 0 Å². The molecule has 0 saturated carbocycles. The molecule has 1 amide bonds. The van der Waals surface area contributed by atoms with Crippen LogP contribution in [0.4, 0.5) is 0 Å². The summed E-state index contributed by atoms with van der Waals surface area (Å²) in [6.45, 7) is 0. The normalized spacial score (nSPS) is 11.9. The number of aromatic nitrogens is 1. The molecule has 1 atom stereocenters. The van der Waals surface area contributed by atoms with E-state index in [0.29, 0.717) is 17.0 Å². The molecule has 1 heterocycles. The minimum Gasteiger partial charge on any atom is -0.497 e. The molecular weight excluding hydrogens is 308 g/mol. The molecule has 0 bridgehead atoms. The number of nitrogens with one attached hydrogen (secondary N) is 2. The van der Waals surface area contributed by atoms with Gasteiger partial charge in [-0.15, -0.1) is 0 Å². The van der Waals surface area contributed by atoms with E-state index >= 15 is 0 Å². The number of carboxylic acids is 1. The zero-order chi connectivity index (χ0) is 17.1. The smallest absolute Gasteiger partial charge is 0.330 e. The number of para-hydroxylation sites is 1. The summed E-state index contributed by atoms with van der Waals surface area (Å²) < 4.78 is 5.05. The number of hydrogen-bond acceptors (Lipinski definition) is 3. The minimum atomic E-state index is -1.14. The minimum absolute atomic E-state index is 0.316. The van der Waals surface area contributed by atoms with E-state index < -0.39 is 17.9 Å². The lowest BCUT2D eigenvalue weighted by Crippen LogP contribution is -2.33. The van der Waals surface area contributed by atoms with Gasteiger partial charge >= 0.3 is 5.97 Å². The molecule has 2 aromatic carbocycles. The number of benzene rings is 2. The number of aromatic amines is 1. The van der Waals surface area contributed by atoms with Gasteiger partial charge in [-0.2, -0.15) is 0 Å². The monoisotopic (exact) mass is 324 g/mol. The summed E-state index contributed by atoms with van der Waals surface area (Å²) in [5.41, 5.74) is 1.60. The summed E-state index contributed by atoms with van der Waals surface area (Å²) >= 11 is 0. The lowest BCUT2D eigenvalue weighted by Gasteiger charge is -2.14. The van der Waals surface area contributed by atoms with Crippen molar-refractivity contribution in [1.82, 2.24) is 10.3 Å². The van der Waals surface area contributed by atoms with Crippen molar-refractivity contribution in [3.05, 3.63) is 65.9 Å². The Morgan fingerprint density at radius 1 is 1.12 bits per heavy atom. The van der Waals surface area contributed by atoms with Gasteiger partial charge in [0.15, 0.2) is 6.04 Å². The number of ether oxygens (including phenoxy) is 1. The topological polar surface area (TPSA) is 91.4 Å². The van der Waals surface area contributed by atoms with Crippen LogP contribution < -0.4 is 10.1 Å². The van der Waals surface area contributed by atoms with Crippen molar-refractivity contribution in [2.24, 2.45) is 0 Å². The average Bonchev–Trinajstić information content (AvgIpc) is 3.03. The van der Waals surface area contributed by atoms with Crippen LogP contribution in [-0.2, 0) is 4.79 Å². The molecule has 1 aromatic heterocycles. The molecule has 122 valence electrons. The van der Waals surface area contributed by atoms with Crippen molar-refractivity contribution >= 4 is 22.8 Å². The zero-order valence-corrected chi connectivity index (χ0v) is 12.9. The number of carbonyl (C=O) groups is 2. The largest absolute Gasteiger partial charge is 0.497 e. The first kappa shape index (κ1) is 15.6. The van der Waals surface area contributed by atoms with Gasteiger partial charge in [0.05, 0.1) is 7.11 Å². The van der Waals surface area contributed by atoms with Crippen LogP contribution >= 0.6 is 0 Å². The Kier molecular flexibility index (Phi) is 4.20. The summed E-state index contributed by atoms with van der Waals surface area (Å²) in [4.78, 5) is 26.9. The van der Waals surface area contributed by atoms with Gasteiger partial charge in [-0.1, -0.05) is 30.3 Å². The van der Waals surface area contributed by atoms with E-state index in [0.717, 1.165) is 10.9 Å². The Hall–Kier alpha value is -3.28. The quantitative estimate of drug-likeness (QED) is 0.673. The third kappa shape index (κ3) is 3.08. The second-order valence-electron chi connectivity index (χ2n) is 5.29. The molecule has 0 fully saturated rings. The van der Waals surface area contributed by atoms with Crippen LogP contribution in [0.3, 0.4) is 0 Å². The molecule has 0 radical (unpaired) electrons. The van der Waals surface area contributed by atoms with Crippen LogP contribution in [0.25, 0.3) is 10.9 Å². The molecule has 3 aromatic rings. The Balaban J connectivity index is 1.84. The van der Waals surface area contributed by atoms with E-state index in [1.165, 1.54) is 7.11 Å². The molecule has 0 aliphatic carbocycles. The molecule has 24 heavy (non-hydrogen) atoms. The van der Waals surface area contributed by atoms with Gasteiger partial charge in [-0.3, -0.25) is 4.79 Å². The van der Waals surface area contributed by atoms with Crippen LogP contribution in [-0.4, -0.2) is 29.1 Å². The fraction of sp³-hybridized carbons (Fsp3) is 0.111. The maximum absolute atomic E-state index is 12.4. The number of fused-ring (bicyclic) bond motifs is 1. The highest BCUT2D eigenvalue weighted by molar-refractivity contribution is 5.99. The summed E-state index contributed by atoms with van der Waals surface area (Å²) in [5.74, 6) is -0.996. The summed E-state index contributed by atoms with van der Waals surface area (Å²) in [5, 5.41) is 12.9. The van der Waals surface area contributed by atoms with Gasteiger partial charge in [-0.05, 0) is 29.8 Å². The van der Waals surface area contributed by atoms with E-state index in [9.17, 15) is 14.7 Å². The molecule has 0 spiro atoms. The number of rotatable bonds is 5. The highest BCUT2D eigenvalue weighted by Gasteiger charge is 2.23. The summed E-state index contributed by atoms with van der Waals surface area (Å²) in [7, 11) is 1.53. The Bertz CT molecular complexity index is 850. The van der Waals surface area contributed by atoms with Crippen molar-refractivity contribution in [2.45, 2.75) is 6.04 Å². The summed E-state index contributed by atoms with van der Waals surface area (Å²) in [6, 6.07) is 14.5. The Morgan fingerprint density at radius 3 is 2.46 bits per heavy atom. The van der Waals surface area contributed by atoms with Crippen LogP contribution in [0.2, 0.25) is 0 Å². The fourth-order valence-electron chi connectivity index (χ4n) is 2.49. The van der Waals surface area contributed by atoms with Crippen molar-refractivity contribution in [2.75, 3.05) is 7.11 Å². The molecule has 0 saturated heterocycles. The number of amides is 1. The third-order valence-electron chi connectivity index (χ3n) is 3.75. The second-order valence-corrected chi connectivity index (χ2v) is 5.29. The molecule has 0 aliphatic rings. The van der Waals surface area contributed by atoms with E-state index in [1.54, 1.807) is 30.3 Å². The SMILES string of the molecule is COc1ccc(C(NC(=O)c2cc3ccccc3[nH]2)C(=O)O)cc1. The highest BCUT2D eigenvalue weighted by Crippen LogP contribution is 2.20. The van der Waals surface area contributed by atoms with E-state index in [2.05, 4.69) is 10.3 Å². The number of carbonyl (C=O) groups excluding carboxylic acids is 1. The first-order valence-electron chi connectivity index (χ1n) is 7.34. The van der Waals surface area contributed by atoms with Gasteiger partial charge in [0.25, 0.3) is 5.91 Å². The average molecular weight is 324 g/mol. The van der Waals surface area contributed by atoms with Crippen LogP contribution in [0.1, 0.15) is 22.1 Å². The van der Waals surface area contributed by atoms with Gasteiger partial charge in [0, 0.05) is 10.9 Å². The highest BCUT2D eigenvalue weighted by atomic mass is 16.5. The Morgan fingerprint density at radius 2 is 1.83 bits per heavy atom. The summed E-state index contributed by atoms with van der Waals surface area (Å²) in [6.07, 6.45) is 0. The number of aliphatic carboxylic acids is 1. The molecule has 6 heteroatoms. The maximum Gasteiger partial charge on any atom is 0.330 e. The van der Waals surface area contributed by atoms with Crippen molar-refractivity contribution < 1.29 is 19.4 Å². The van der Waals surface area contributed by atoms with Crippen LogP contribution in [0.5, 0.6) is 5.75 Å². The predicted octanol–water partition coefficient (Wildman–Crippen LogP) is 2.73. The zero-order valence-electron chi connectivity index (χ0n) is 12.9. The molecular formula is C18H16N2O4. The first-order chi connectivity index (χ1) is 11.6. The lowest BCUT2D eigenvalue weighted by atomic mass is 10.1. The molecule has 0 aliphatic heterocycles. The number of methoxy groups -OCH3 is 1. The van der Waals surface area contributed by atoms with Gasteiger partial charge in [0.2, 0.25) is 0 Å². The lowest BCUT2D eigenvalue weighted by molar-refractivity contribution is -0.139. The molecule has 1 unspecified atom stereocenters. The van der Waals surface area contributed by atoms with Crippen molar-refractivity contribution in [3.8, 4) is 5.75 Å². The van der Waals surface area contributed by atoms with Gasteiger partial charge in [-0.25, -0.2) is 4.79 Å². The van der Waals surface area contributed by atoms with E-state index in [4.69, 9.17) is 4.74 Å². The first-order valence-corrected chi connectivity index (χ1v) is 7.34. The van der Waals surface area contributed by atoms with Crippen LogP contribution in [0, 0.1) is 0 Å². The van der Waals surface area contributed by atoms with E-state index in [1.807, 2.05) is 24.3 Å². The molecule has 3 N–H and O–H groups in total. The second kappa shape index (κ2) is 6.45. The fourth-order valence-corrected chi connectivity index (χ4v) is 2.49. The van der Waals surface area contributed by atoms with Gasteiger partial charge in [0.1, 0.15) is 11.4 Å². The third-order valence-corrected chi connectivity index (χ3v) is 3.75. The van der Waals surface area contributed by atoms with Crippen molar-refractivity contribution in [1.29, 1.82) is 0 Å². The van der Waals surface area contributed by atoms with Crippen LogP contribution in [0.15, 0.2) is 54.6 Å². The Labute approximate surface area is 138 Å². The number of hydrogen-bond donors (Lipinski definition) is 3. The predicted molar refractivity (Wildman–Crippen MR) is 89.1 cm³/mol. The number of H-pyrrole nitrogens is 1.